The van der Waals surface area contributed by atoms with Gasteiger partial charge >= 0.3 is 37.7 Å². The SMILES string of the molecule is CCCCCCCCCCCCCCCCCC(=O)O[SiH3].[Ca+2].[H-].[H-]. The van der Waals surface area contributed by atoms with Gasteiger partial charge in [0, 0.05) is 6.42 Å². The Bertz CT molecular complexity index is 235. The standard InChI is InChI=1S/C18H38O2Si.Ca.2H/c1-2-3-4-5-6-7-8-9-10-11-12-13-14-15-16-17-18(19)20-21;;;/h2-17H2,1,21H3;;;/q;+2;2*-1. The van der Waals surface area contributed by atoms with E-state index in [0.29, 0.717) is 16.9 Å². The van der Waals surface area contributed by atoms with Crippen LogP contribution >= 0.6 is 0 Å². The minimum Gasteiger partial charge on any atom is -1.00 e. The average Bonchev–Trinajstić information content (AvgIpc) is 2.50. The second-order valence-electron chi connectivity index (χ2n) is 6.28. The van der Waals surface area contributed by atoms with Gasteiger partial charge in [0.1, 0.15) is 0 Å². The smallest absolute Gasteiger partial charge is 1.00 e. The Morgan fingerprint density at radius 2 is 1.05 bits per heavy atom. The predicted molar refractivity (Wildman–Crippen MR) is 104 cm³/mol. The second-order valence-corrected chi connectivity index (χ2v) is 6.68. The van der Waals surface area contributed by atoms with Crippen molar-refractivity contribution in [2.45, 2.75) is 110 Å². The molecule has 0 aliphatic heterocycles. The molecule has 0 unspecified atom stereocenters. The van der Waals surface area contributed by atoms with E-state index in [-0.39, 0.29) is 46.6 Å². The molecule has 0 saturated carbocycles. The van der Waals surface area contributed by atoms with Crippen LogP contribution in [0.25, 0.3) is 0 Å². The molecule has 0 spiro atoms. The first-order valence-electron chi connectivity index (χ1n) is 9.38. The van der Waals surface area contributed by atoms with Gasteiger partial charge in [0.25, 0.3) is 5.97 Å². The van der Waals surface area contributed by atoms with Crippen molar-refractivity contribution >= 4 is 54.2 Å². The van der Waals surface area contributed by atoms with Crippen molar-refractivity contribution < 1.29 is 12.1 Å². The Morgan fingerprint density at radius 1 is 0.727 bits per heavy atom. The molecule has 0 rings (SSSR count). The largest absolute Gasteiger partial charge is 2.00 e. The van der Waals surface area contributed by atoms with Crippen LogP contribution in [0.15, 0.2) is 0 Å². The number of hydrogen-bond acceptors (Lipinski definition) is 2. The van der Waals surface area contributed by atoms with Crippen molar-refractivity contribution in [2.24, 2.45) is 0 Å². The Morgan fingerprint density at radius 3 is 1.36 bits per heavy atom. The molecule has 130 valence electrons. The molecule has 0 atom stereocenters. The molecule has 0 aliphatic carbocycles. The normalized spacial score (nSPS) is 10.4. The minimum absolute atomic E-state index is 0. The third kappa shape index (κ3) is 20.9. The first-order chi connectivity index (χ1) is 10.3. The molecule has 0 heterocycles. The Hall–Kier alpha value is 0.947. The van der Waals surface area contributed by atoms with Crippen LogP contribution < -0.4 is 0 Å². The van der Waals surface area contributed by atoms with Crippen LogP contribution in [0.5, 0.6) is 0 Å². The fourth-order valence-corrected chi connectivity index (χ4v) is 2.95. The van der Waals surface area contributed by atoms with Crippen LogP contribution in [-0.4, -0.2) is 54.2 Å². The third-order valence-electron chi connectivity index (χ3n) is 4.21. The Balaban J connectivity index is -0.000000667. The summed E-state index contributed by atoms with van der Waals surface area (Å²) < 4.78 is 4.77. The predicted octanol–water partition coefficient (Wildman–Crippen LogP) is 4.92. The summed E-state index contributed by atoms with van der Waals surface area (Å²) in [4.78, 5) is 11.0. The maximum atomic E-state index is 11.0. The van der Waals surface area contributed by atoms with E-state index in [1.165, 1.54) is 89.9 Å². The van der Waals surface area contributed by atoms with Gasteiger partial charge in [-0.3, -0.25) is 4.79 Å². The number of unbranched alkanes of at least 4 members (excludes halogenated alkanes) is 14. The van der Waals surface area contributed by atoms with E-state index in [1.54, 1.807) is 0 Å². The molecule has 0 N–H and O–H groups in total. The molecule has 0 radical (unpaired) electrons. The minimum atomic E-state index is -0.00337. The quantitative estimate of drug-likeness (QED) is 0.290. The molecule has 0 saturated heterocycles. The summed E-state index contributed by atoms with van der Waals surface area (Å²) in [6.07, 6.45) is 21.1. The summed E-state index contributed by atoms with van der Waals surface area (Å²) in [6, 6.07) is 0. The summed E-state index contributed by atoms with van der Waals surface area (Å²) in [5.41, 5.74) is 0. The molecule has 0 aromatic carbocycles. The molecular formula is C18H40CaO2Si. The maximum absolute atomic E-state index is 11.0. The summed E-state index contributed by atoms with van der Waals surface area (Å²) >= 11 is 0. The van der Waals surface area contributed by atoms with E-state index in [9.17, 15) is 4.79 Å². The second kappa shape index (κ2) is 21.9. The molecule has 4 heteroatoms. The van der Waals surface area contributed by atoms with Crippen LogP contribution in [0.1, 0.15) is 113 Å². The van der Waals surface area contributed by atoms with Gasteiger partial charge in [-0.15, -0.1) is 0 Å². The van der Waals surface area contributed by atoms with Crippen molar-refractivity contribution in [3.63, 3.8) is 0 Å². The fourth-order valence-electron chi connectivity index (χ4n) is 2.74. The van der Waals surface area contributed by atoms with Crippen molar-refractivity contribution in [3.8, 4) is 0 Å². The van der Waals surface area contributed by atoms with Gasteiger partial charge < -0.3 is 7.28 Å². The van der Waals surface area contributed by atoms with Gasteiger partial charge in [-0.1, -0.05) is 96.8 Å². The number of carbonyl (C=O) groups is 1. The van der Waals surface area contributed by atoms with Gasteiger partial charge in [0.05, 0.1) is 0 Å². The van der Waals surface area contributed by atoms with E-state index in [2.05, 4.69) is 6.92 Å². The van der Waals surface area contributed by atoms with E-state index >= 15 is 0 Å². The molecule has 0 aromatic heterocycles. The van der Waals surface area contributed by atoms with E-state index in [1.807, 2.05) is 0 Å². The van der Waals surface area contributed by atoms with Crippen molar-refractivity contribution in [1.29, 1.82) is 0 Å². The molecule has 0 amide bonds. The van der Waals surface area contributed by atoms with Gasteiger partial charge in [-0.2, -0.15) is 0 Å². The zero-order valence-electron chi connectivity index (χ0n) is 17.3. The third-order valence-corrected chi connectivity index (χ3v) is 4.67. The van der Waals surface area contributed by atoms with Crippen molar-refractivity contribution in [2.75, 3.05) is 0 Å². The van der Waals surface area contributed by atoms with Crippen LogP contribution in [0.3, 0.4) is 0 Å². The van der Waals surface area contributed by atoms with Gasteiger partial charge in [0.15, 0.2) is 0 Å². The van der Waals surface area contributed by atoms with Crippen LogP contribution in [0.2, 0.25) is 0 Å². The number of rotatable bonds is 16. The van der Waals surface area contributed by atoms with Gasteiger partial charge in [0.2, 0.25) is 10.5 Å². The molecule has 0 aromatic rings. The molecule has 0 fully saturated rings. The Kier molecular flexibility index (Phi) is 25.1. The molecule has 2 nitrogen and oxygen atoms in total. The van der Waals surface area contributed by atoms with Gasteiger partial charge in [-0.05, 0) is 6.42 Å². The summed E-state index contributed by atoms with van der Waals surface area (Å²) in [5.74, 6) is -0.00337. The molecule has 0 aliphatic rings. The molecular weight excluding hydrogens is 316 g/mol. The zero-order valence-corrected chi connectivity index (χ0v) is 19.5. The molecule has 0 bridgehead atoms. The number of hydrogen-bond donors (Lipinski definition) is 0. The van der Waals surface area contributed by atoms with E-state index < -0.39 is 0 Å². The summed E-state index contributed by atoms with van der Waals surface area (Å²) in [6.45, 7) is 2.28. The van der Waals surface area contributed by atoms with Crippen molar-refractivity contribution in [1.82, 2.24) is 0 Å². The maximum Gasteiger partial charge on any atom is 2.00 e. The molecule has 22 heavy (non-hydrogen) atoms. The van der Waals surface area contributed by atoms with Crippen LogP contribution in [-0.2, 0) is 9.22 Å². The fraction of sp³-hybridized carbons (Fsp3) is 0.944. The summed E-state index contributed by atoms with van der Waals surface area (Å²) in [5, 5.41) is 0. The summed E-state index contributed by atoms with van der Waals surface area (Å²) in [7, 11) is 0.544. The zero-order chi connectivity index (χ0) is 15.6. The number of carbonyl (C=O) groups excluding carboxylic acids is 1. The first kappa shape index (κ1) is 25.2. The van der Waals surface area contributed by atoms with E-state index in [0.717, 1.165) is 6.42 Å². The Labute approximate surface area is 175 Å². The first-order valence-corrected chi connectivity index (χ1v) is 10.2. The van der Waals surface area contributed by atoms with Crippen LogP contribution in [0, 0.1) is 0 Å². The average molecular weight is 357 g/mol. The topological polar surface area (TPSA) is 26.3 Å². The van der Waals surface area contributed by atoms with Gasteiger partial charge in [-0.25, -0.2) is 0 Å². The van der Waals surface area contributed by atoms with Crippen molar-refractivity contribution in [3.05, 3.63) is 0 Å². The van der Waals surface area contributed by atoms with Crippen LogP contribution in [0.4, 0.5) is 0 Å². The van der Waals surface area contributed by atoms with E-state index in [4.69, 9.17) is 4.43 Å². The monoisotopic (exact) mass is 356 g/mol.